The fraction of sp³-hybridized carbons (Fsp3) is 0.263. The highest BCUT2D eigenvalue weighted by molar-refractivity contribution is 5.46. The van der Waals surface area contributed by atoms with Crippen LogP contribution < -0.4 is 15.2 Å². The highest BCUT2D eigenvalue weighted by atomic mass is 16.5. The summed E-state index contributed by atoms with van der Waals surface area (Å²) in [5.41, 5.74) is 8.85. The number of methoxy groups -OCH3 is 2. The third-order valence-electron chi connectivity index (χ3n) is 3.98. The van der Waals surface area contributed by atoms with Crippen molar-refractivity contribution < 1.29 is 14.0 Å². The Labute approximate surface area is 146 Å². The number of benzene rings is 2. The van der Waals surface area contributed by atoms with Gasteiger partial charge in [-0.1, -0.05) is 29.4 Å². The summed E-state index contributed by atoms with van der Waals surface area (Å²) >= 11 is 0. The van der Waals surface area contributed by atoms with Crippen LogP contribution in [0.25, 0.3) is 0 Å². The smallest absolute Gasteiger partial charge is 0.226 e. The van der Waals surface area contributed by atoms with Gasteiger partial charge in [0.05, 0.1) is 14.2 Å². The number of nitrogens with two attached hydrogens (primary N) is 1. The number of rotatable bonds is 7. The molecule has 0 radical (unpaired) electrons. The molecular formula is C19H21N3O3. The minimum Gasteiger partial charge on any atom is -0.493 e. The number of nitrogens with zero attached hydrogens (tertiary/aromatic N) is 2. The highest BCUT2D eigenvalue weighted by Crippen LogP contribution is 2.28. The molecule has 0 saturated heterocycles. The van der Waals surface area contributed by atoms with Gasteiger partial charge in [0.2, 0.25) is 5.89 Å². The third kappa shape index (κ3) is 4.09. The van der Waals surface area contributed by atoms with Crippen LogP contribution in [0.15, 0.2) is 47.0 Å². The molecule has 0 aliphatic heterocycles. The van der Waals surface area contributed by atoms with Crippen LogP contribution in [-0.4, -0.2) is 24.4 Å². The molecule has 25 heavy (non-hydrogen) atoms. The first-order valence-electron chi connectivity index (χ1n) is 8.05. The average molecular weight is 339 g/mol. The summed E-state index contributed by atoms with van der Waals surface area (Å²) in [7, 11) is 3.23. The normalized spacial score (nSPS) is 10.6. The fourth-order valence-corrected chi connectivity index (χ4v) is 2.64. The predicted octanol–water partition coefficient (Wildman–Crippen LogP) is 3.05. The molecule has 1 heterocycles. The maximum Gasteiger partial charge on any atom is 0.226 e. The molecule has 0 unspecified atom stereocenters. The van der Waals surface area contributed by atoms with Gasteiger partial charge in [0.25, 0.3) is 0 Å². The number of hydrogen-bond acceptors (Lipinski definition) is 6. The minimum absolute atomic E-state index is 0.567. The lowest BCUT2D eigenvalue weighted by Gasteiger charge is -2.08. The zero-order chi connectivity index (χ0) is 17.6. The van der Waals surface area contributed by atoms with Gasteiger partial charge in [-0.15, -0.1) is 0 Å². The van der Waals surface area contributed by atoms with Crippen LogP contribution in [0.3, 0.4) is 0 Å². The Kier molecular flexibility index (Phi) is 5.18. The molecule has 0 bridgehead atoms. The molecule has 6 nitrogen and oxygen atoms in total. The molecule has 0 amide bonds. The van der Waals surface area contributed by atoms with E-state index in [1.54, 1.807) is 14.2 Å². The van der Waals surface area contributed by atoms with E-state index in [4.69, 9.17) is 19.7 Å². The summed E-state index contributed by atoms with van der Waals surface area (Å²) < 4.78 is 15.9. The Morgan fingerprint density at radius 2 is 1.80 bits per heavy atom. The minimum atomic E-state index is 0.567. The molecule has 130 valence electrons. The molecule has 0 fully saturated rings. The molecule has 0 atom stereocenters. The molecule has 1 aromatic heterocycles. The number of aromatic nitrogens is 2. The van der Waals surface area contributed by atoms with Crippen LogP contribution in [0.1, 0.15) is 22.8 Å². The quantitative estimate of drug-likeness (QED) is 0.666. The van der Waals surface area contributed by atoms with Crippen molar-refractivity contribution in [3.05, 3.63) is 65.3 Å². The summed E-state index contributed by atoms with van der Waals surface area (Å²) in [6, 6.07) is 13.5. The van der Waals surface area contributed by atoms with Crippen LogP contribution in [0, 0.1) is 0 Å². The molecule has 0 aliphatic carbocycles. The van der Waals surface area contributed by atoms with Gasteiger partial charge in [-0.2, -0.15) is 4.98 Å². The van der Waals surface area contributed by atoms with E-state index in [0.717, 1.165) is 23.2 Å². The second kappa shape index (κ2) is 7.70. The van der Waals surface area contributed by atoms with Crippen molar-refractivity contribution in [3.8, 4) is 11.5 Å². The third-order valence-corrected chi connectivity index (χ3v) is 3.98. The van der Waals surface area contributed by atoms with Crippen LogP contribution >= 0.6 is 0 Å². The number of nitrogen functional groups attached to an aromatic ring is 1. The largest absolute Gasteiger partial charge is 0.493 e. The Morgan fingerprint density at radius 1 is 1.00 bits per heavy atom. The zero-order valence-electron chi connectivity index (χ0n) is 14.4. The summed E-state index contributed by atoms with van der Waals surface area (Å²) in [5, 5.41) is 4.05. The SMILES string of the molecule is COc1ccc(Cc2noc(CCc3ccccc3N)n2)cc1OC. The predicted molar refractivity (Wildman–Crippen MR) is 94.9 cm³/mol. The van der Waals surface area contributed by atoms with Gasteiger partial charge in [0, 0.05) is 18.5 Å². The van der Waals surface area contributed by atoms with E-state index in [-0.39, 0.29) is 0 Å². The first-order valence-corrected chi connectivity index (χ1v) is 8.05. The van der Waals surface area contributed by atoms with Gasteiger partial charge in [0.1, 0.15) is 0 Å². The number of anilines is 1. The van der Waals surface area contributed by atoms with E-state index in [9.17, 15) is 0 Å². The van der Waals surface area contributed by atoms with Crippen molar-refractivity contribution in [3.63, 3.8) is 0 Å². The molecule has 2 aromatic carbocycles. The van der Waals surface area contributed by atoms with E-state index in [0.29, 0.717) is 36.1 Å². The molecule has 3 aromatic rings. The first-order chi connectivity index (χ1) is 12.2. The monoisotopic (exact) mass is 339 g/mol. The first kappa shape index (κ1) is 16.8. The standard InChI is InChI=1S/C19H21N3O3/c1-23-16-9-7-13(11-17(16)24-2)12-18-21-19(25-22-18)10-8-14-5-3-4-6-15(14)20/h3-7,9,11H,8,10,12,20H2,1-2H3. The molecule has 0 saturated carbocycles. The van der Waals surface area contributed by atoms with Gasteiger partial charge >= 0.3 is 0 Å². The Hall–Kier alpha value is -3.02. The van der Waals surface area contributed by atoms with Gasteiger partial charge in [-0.05, 0) is 35.7 Å². The molecule has 0 aliphatic rings. The second-order valence-electron chi connectivity index (χ2n) is 5.67. The Balaban J connectivity index is 1.65. The number of aryl methyl sites for hydroxylation is 2. The number of ether oxygens (including phenoxy) is 2. The highest BCUT2D eigenvalue weighted by Gasteiger charge is 2.10. The van der Waals surface area contributed by atoms with Gasteiger partial charge in [-0.25, -0.2) is 0 Å². The van der Waals surface area contributed by atoms with Crippen LogP contribution in [-0.2, 0) is 19.3 Å². The molecule has 3 rings (SSSR count). The zero-order valence-corrected chi connectivity index (χ0v) is 14.4. The Morgan fingerprint density at radius 3 is 2.56 bits per heavy atom. The summed E-state index contributed by atoms with van der Waals surface area (Å²) in [5.74, 6) is 2.63. The van der Waals surface area contributed by atoms with Gasteiger partial charge < -0.3 is 19.7 Å². The molecular weight excluding hydrogens is 318 g/mol. The van der Waals surface area contributed by atoms with Crippen molar-refractivity contribution in [2.45, 2.75) is 19.3 Å². The lowest BCUT2D eigenvalue weighted by molar-refractivity contribution is 0.354. The second-order valence-corrected chi connectivity index (χ2v) is 5.67. The summed E-state index contributed by atoms with van der Waals surface area (Å²) in [4.78, 5) is 4.46. The molecule has 6 heteroatoms. The lowest BCUT2D eigenvalue weighted by atomic mass is 10.1. The van der Waals surface area contributed by atoms with Gasteiger partial charge in [0.15, 0.2) is 17.3 Å². The average Bonchev–Trinajstić information content (AvgIpc) is 3.08. The van der Waals surface area contributed by atoms with Crippen molar-refractivity contribution in [2.75, 3.05) is 20.0 Å². The van der Waals surface area contributed by atoms with E-state index in [2.05, 4.69) is 10.1 Å². The van der Waals surface area contributed by atoms with E-state index < -0.39 is 0 Å². The topological polar surface area (TPSA) is 83.4 Å². The Bertz CT molecular complexity index is 845. The van der Waals surface area contributed by atoms with Crippen molar-refractivity contribution in [1.29, 1.82) is 0 Å². The van der Waals surface area contributed by atoms with E-state index in [1.165, 1.54) is 0 Å². The number of para-hydroxylation sites is 1. The lowest BCUT2D eigenvalue weighted by Crippen LogP contribution is -1.98. The molecule has 2 N–H and O–H groups in total. The van der Waals surface area contributed by atoms with E-state index in [1.807, 2.05) is 42.5 Å². The van der Waals surface area contributed by atoms with Crippen LogP contribution in [0.5, 0.6) is 11.5 Å². The molecule has 0 spiro atoms. The maximum absolute atomic E-state index is 5.95. The van der Waals surface area contributed by atoms with Crippen molar-refractivity contribution >= 4 is 5.69 Å². The summed E-state index contributed by atoms with van der Waals surface area (Å²) in [6.45, 7) is 0. The van der Waals surface area contributed by atoms with Crippen LogP contribution in [0.4, 0.5) is 5.69 Å². The van der Waals surface area contributed by atoms with Gasteiger partial charge in [-0.3, -0.25) is 0 Å². The van der Waals surface area contributed by atoms with Crippen molar-refractivity contribution in [1.82, 2.24) is 10.1 Å². The van der Waals surface area contributed by atoms with E-state index >= 15 is 0 Å². The summed E-state index contributed by atoms with van der Waals surface area (Å²) in [6.07, 6.45) is 2.00. The maximum atomic E-state index is 5.95. The number of hydrogen-bond donors (Lipinski definition) is 1. The van der Waals surface area contributed by atoms with Crippen molar-refractivity contribution in [2.24, 2.45) is 0 Å². The fourth-order valence-electron chi connectivity index (χ4n) is 2.64. The van der Waals surface area contributed by atoms with Crippen LogP contribution in [0.2, 0.25) is 0 Å².